The highest BCUT2D eigenvalue weighted by Gasteiger charge is 2.39. The Hall–Kier alpha value is -1.49. The van der Waals surface area contributed by atoms with Gasteiger partial charge in [-0.25, -0.2) is 8.78 Å². The fourth-order valence-corrected chi connectivity index (χ4v) is 3.47. The fraction of sp³-hybridized carbons (Fsp3) is 0.533. The largest absolute Gasteiger partial charge is 0.338 e. The number of halogens is 2. The van der Waals surface area contributed by atoms with Crippen molar-refractivity contribution >= 4 is 5.91 Å². The van der Waals surface area contributed by atoms with Gasteiger partial charge in [0.25, 0.3) is 5.91 Å². The maximum atomic E-state index is 13.7. The molecule has 0 aromatic heterocycles. The second-order valence-corrected chi connectivity index (χ2v) is 5.93. The number of hydrogen-bond donors (Lipinski definition) is 1. The number of hydrogen-bond acceptors (Lipinski definition) is 2. The van der Waals surface area contributed by atoms with Crippen LogP contribution < -0.4 is 5.73 Å². The summed E-state index contributed by atoms with van der Waals surface area (Å²) in [5, 5.41) is 0. The zero-order valence-corrected chi connectivity index (χ0v) is 11.2. The van der Waals surface area contributed by atoms with Crippen molar-refractivity contribution in [3.05, 3.63) is 35.4 Å². The number of fused-ring (bicyclic) bond motifs is 1. The summed E-state index contributed by atoms with van der Waals surface area (Å²) in [7, 11) is 0. The van der Waals surface area contributed by atoms with Crippen molar-refractivity contribution in [1.29, 1.82) is 0 Å². The number of carbonyl (C=O) groups excluding carboxylic acids is 1. The third-order valence-corrected chi connectivity index (χ3v) is 4.54. The molecule has 1 amide bonds. The number of benzene rings is 1. The van der Waals surface area contributed by atoms with Gasteiger partial charge < -0.3 is 10.6 Å². The Kier molecular flexibility index (Phi) is 3.46. The van der Waals surface area contributed by atoms with Gasteiger partial charge in [-0.1, -0.05) is 0 Å². The molecule has 1 aliphatic heterocycles. The molecule has 20 heavy (non-hydrogen) atoms. The Morgan fingerprint density at radius 1 is 1.20 bits per heavy atom. The van der Waals surface area contributed by atoms with E-state index in [0.29, 0.717) is 24.9 Å². The standard InChI is InChI=1S/C15H18F2N2O/c16-11-2-4-13(14(17)6-11)15(20)19-7-9-1-3-12(18)5-10(9)8-19/h2,4,6,9-10,12H,1,3,5,7-8,18H2/t9-,10+,12?/m1/s1. The Morgan fingerprint density at radius 3 is 2.70 bits per heavy atom. The molecule has 1 aromatic carbocycles. The first-order valence-corrected chi connectivity index (χ1v) is 7.04. The third kappa shape index (κ3) is 2.42. The molecule has 1 aliphatic carbocycles. The van der Waals surface area contributed by atoms with Gasteiger partial charge in [-0.05, 0) is 43.2 Å². The van der Waals surface area contributed by atoms with Crippen LogP contribution in [0.1, 0.15) is 29.6 Å². The van der Waals surface area contributed by atoms with Crippen molar-refractivity contribution in [3.63, 3.8) is 0 Å². The van der Waals surface area contributed by atoms with Crippen molar-refractivity contribution in [2.75, 3.05) is 13.1 Å². The lowest BCUT2D eigenvalue weighted by Crippen LogP contribution is -2.32. The highest BCUT2D eigenvalue weighted by molar-refractivity contribution is 5.94. The van der Waals surface area contributed by atoms with Crippen molar-refractivity contribution < 1.29 is 13.6 Å². The van der Waals surface area contributed by atoms with Gasteiger partial charge in [0.2, 0.25) is 0 Å². The molecule has 1 saturated heterocycles. The first-order valence-electron chi connectivity index (χ1n) is 7.04. The predicted molar refractivity (Wildman–Crippen MR) is 71.1 cm³/mol. The summed E-state index contributed by atoms with van der Waals surface area (Å²) in [6, 6.07) is 3.32. The minimum absolute atomic E-state index is 0.0469. The highest BCUT2D eigenvalue weighted by atomic mass is 19.1. The summed E-state index contributed by atoms with van der Waals surface area (Å²) >= 11 is 0. The molecule has 1 saturated carbocycles. The molecule has 1 aromatic rings. The summed E-state index contributed by atoms with van der Waals surface area (Å²) in [6.07, 6.45) is 2.95. The lowest BCUT2D eigenvalue weighted by atomic mass is 9.79. The quantitative estimate of drug-likeness (QED) is 0.857. The third-order valence-electron chi connectivity index (χ3n) is 4.54. The van der Waals surface area contributed by atoms with Crippen molar-refractivity contribution in [2.24, 2.45) is 17.6 Å². The average Bonchev–Trinajstić information content (AvgIpc) is 2.81. The lowest BCUT2D eigenvalue weighted by molar-refractivity contribution is 0.0779. The molecular weight excluding hydrogens is 262 g/mol. The van der Waals surface area contributed by atoms with E-state index in [9.17, 15) is 13.6 Å². The molecule has 3 rings (SSSR count). The molecular formula is C15H18F2N2O. The molecule has 1 heterocycles. The van der Waals surface area contributed by atoms with Gasteiger partial charge in [-0.15, -0.1) is 0 Å². The van der Waals surface area contributed by atoms with E-state index in [-0.39, 0.29) is 17.5 Å². The summed E-state index contributed by atoms with van der Waals surface area (Å²) in [5.74, 6) is -0.902. The summed E-state index contributed by atoms with van der Waals surface area (Å²) in [5.41, 5.74) is 5.91. The Balaban J connectivity index is 1.75. The Bertz CT molecular complexity index is 535. The monoisotopic (exact) mass is 280 g/mol. The van der Waals surface area contributed by atoms with Crippen LogP contribution in [0, 0.1) is 23.5 Å². The first kappa shape index (κ1) is 13.5. The van der Waals surface area contributed by atoms with Crippen LogP contribution in [-0.2, 0) is 0 Å². The van der Waals surface area contributed by atoms with Crippen molar-refractivity contribution in [3.8, 4) is 0 Å². The van der Waals surface area contributed by atoms with Crippen LogP contribution in [0.15, 0.2) is 18.2 Å². The number of carbonyl (C=O) groups is 1. The second-order valence-electron chi connectivity index (χ2n) is 5.93. The van der Waals surface area contributed by atoms with E-state index in [4.69, 9.17) is 5.73 Å². The number of nitrogens with zero attached hydrogens (tertiary/aromatic N) is 1. The maximum absolute atomic E-state index is 13.7. The predicted octanol–water partition coefficient (Wildman–Crippen LogP) is 2.16. The molecule has 2 fully saturated rings. The highest BCUT2D eigenvalue weighted by Crippen LogP contribution is 2.36. The van der Waals surface area contributed by atoms with Crippen LogP contribution >= 0.6 is 0 Å². The van der Waals surface area contributed by atoms with E-state index in [2.05, 4.69) is 0 Å². The maximum Gasteiger partial charge on any atom is 0.256 e. The zero-order valence-electron chi connectivity index (χ0n) is 11.2. The van der Waals surface area contributed by atoms with Crippen molar-refractivity contribution in [1.82, 2.24) is 4.90 Å². The molecule has 0 spiro atoms. The lowest BCUT2D eigenvalue weighted by Gasteiger charge is -2.27. The van der Waals surface area contributed by atoms with Gasteiger partial charge in [0, 0.05) is 25.2 Å². The molecule has 0 radical (unpaired) electrons. The fourth-order valence-electron chi connectivity index (χ4n) is 3.47. The normalized spacial score (nSPS) is 29.4. The number of nitrogens with two attached hydrogens (primary N) is 1. The van der Waals surface area contributed by atoms with E-state index in [1.165, 1.54) is 6.07 Å². The number of amides is 1. The van der Waals surface area contributed by atoms with Gasteiger partial charge in [0.1, 0.15) is 11.6 Å². The van der Waals surface area contributed by atoms with Crippen LogP contribution in [0.25, 0.3) is 0 Å². The van der Waals surface area contributed by atoms with Gasteiger partial charge in [-0.2, -0.15) is 0 Å². The Morgan fingerprint density at radius 2 is 1.95 bits per heavy atom. The smallest absolute Gasteiger partial charge is 0.256 e. The number of rotatable bonds is 1. The molecule has 108 valence electrons. The topological polar surface area (TPSA) is 46.3 Å². The van der Waals surface area contributed by atoms with E-state index in [0.717, 1.165) is 31.4 Å². The number of likely N-dealkylation sites (tertiary alicyclic amines) is 1. The molecule has 3 atom stereocenters. The van der Waals surface area contributed by atoms with Crippen molar-refractivity contribution in [2.45, 2.75) is 25.3 Å². The SMILES string of the molecule is NC1CC[C@@H]2CN(C(=O)c3ccc(F)cc3F)C[C@@H]2C1. The van der Waals surface area contributed by atoms with E-state index >= 15 is 0 Å². The van der Waals surface area contributed by atoms with Gasteiger partial charge in [-0.3, -0.25) is 4.79 Å². The van der Waals surface area contributed by atoms with Crippen LogP contribution in [0.3, 0.4) is 0 Å². The van der Waals surface area contributed by atoms with E-state index in [1.54, 1.807) is 4.90 Å². The average molecular weight is 280 g/mol. The minimum Gasteiger partial charge on any atom is -0.338 e. The first-order chi connectivity index (χ1) is 9.54. The summed E-state index contributed by atoms with van der Waals surface area (Å²) < 4.78 is 26.6. The van der Waals surface area contributed by atoms with Gasteiger partial charge in [0.05, 0.1) is 5.56 Å². The Labute approximate surface area is 116 Å². The van der Waals surface area contributed by atoms with Crippen LogP contribution in [0.2, 0.25) is 0 Å². The summed E-state index contributed by atoms with van der Waals surface area (Å²) in [6.45, 7) is 1.29. The van der Waals surface area contributed by atoms with Crippen LogP contribution in [0.4, 0.5) is 8.78 Å². The van der Waals surface area contributed by atoms with E-state index < -0.39 is 11.6 Å². The zero-order chi connectivity index (χ0) is 14.3. The molecule has 2 aliphatic rings. The molecule has 0 bridgehead atoms. The molecule has 1 unspecified atom stereocenters. The van der Waals surface area contributed by atoms with E-state index in [1.807, 2.05) is 0 Å². The molecule has 3 nitrogen and oxygen atoms in total. The second kappa shape index (κ2) is 5.13. The van der Waals surface area contributed by atoms with Gasteiger partial charge in [0.15, 0.2) is 0 Å². The van der Waals surface area contributed by atoms with Crippen LogP contribution in [0.5, 0.6) is 0 Å². The van der Waals surface area contributed by atoms with Crippen LogP contribution in [-0.4, -0.2) is 29.9 Å². The molecule has 5 heteroatoms. The minimum atomic E-state index is -0.790. The summed E-state index contributed by atoms with van der Waals surface area (Å²) in [4.78, 5) is 14.0. The molecule has 2 N–H and O–H groups in total. The van der Waals surface area contributed by atoms with Gasteiger partial charge >= 0.3 is 0 Å².